The number of benzene rings is 1. The highest BCUT2D eigenvalue weighted by atomic mass is 79.9. The number of Topliss-reactive ketones (excluding diaryl/α,β-unsaturated/α-hetero) is 1. The zero-order valence-electron chi connectivity index (χ0n) is 11.3. The maximum atomic E-state index is 12.4. The Labute approximate surface area is 126 Å². The SMILES string of the molecule is COc1cc(Br)c(C(=O)C[n+]2ccccc2)cc1OC. The molecule has 0 saturated heterocycles. The molecule has 104 valence electrons. The molecule has 0 saturated carbocycles. The average Bonchev–Trinajstić information content (AvgIpc) is 2.47. The van der Waals surface area contributed by atoms with Crippen molar-refractivity contribution in [2.45, 2.75) is 6.54 Å². The van der Waals surface area contributed by atoms with E-state index in [4.69, 9.17) is 9.47 Å². The summed E-state index contributed by atoms with van der Waals surface area (Å²) < 4.78 is 12.9. The van der Waals surface area contributed by atoms with E-state index in [1.807, 2.05) is 35.2 Å². The van der Waals surface area contributed by atoms with Gasteiger partial charge in [0.05, 0.1) is 14.2 Å². The lowest BCUT2D eigenvalue weighted by atomic mass is 10.1. The van der Waals surface area contributed by atoms with Crippen molar-refractivity contribution in [2.75, 3.05) is 14.2 Å². The molecule has 0 amide bonds. The Kier molecular flexibility index (Phi) is 4.74. The molecule has 20 heavy (non-hydrogen) atoms. The first-order valence-corrected chi connectivity index (χ1v) is 6.84. The van der Waals surface area contributed by atoms with Crippen LogP contribution in [0.2, 0.25) is 0 Å². The second-order valence-corrected chi connectivity index (χ2v) is 5.01. The maximum absolute atomic E-state index is 12.4. The number of nitrogens with zero attached hydrogens (tertiary/aromatic N) is 1. The van der Waals surface area contributed by atoms with Gasteiger partial charge in [0.25, 0.3) is 0 Å². The van der Waals surface area contributed by atoms with E-state index in [0.29, 0.717) is 21.5 Å². The largest absolute Gasteiger partial charge is 0.493 e. The molecule has 2 aromatic rings. The van der Waals surface area contributed by atoms with Gasteiger partial charge in [-0.25, -0.2) is 0 Å². The summed E-state index contributed by atoms with van der Waals surface area (Å²) in [6, 6.07) is 9.11. The van der Waals surface area contributed by atoms with Crippen molar-refractivity contribution in [2.24, 2.45) is 0 Å². The van der Waals surface area contributed by atoms with Gasteiger partial charge in [-0.2, -0.15) is 4.57 Å². The molecular formula is C15H15BrNO3+. The third kappa shape index (κ3) is 3.17. The van der Waals surface area contributed by atoms with Crippen LogP contribution in [0, 0.1) is 0 Å². The number of rotatable bonds is 5. The van der Waals surface area contributed by atoms with Gasteiger partial charge in [-0.15, -0.1) is 0 Å². The highest BCUT2D eigenvalue weighted by Gasteiger charge is 2.18. The van der Waals surface area contributed by atoms with Crippen LogP contribution >= 0.6 is 15.9 Å². The van der Waals surface area contributed by atoms with Crippen molar-refractivity contribution < 1.29 is 18.8 Å². The summed E-state index contributed by atoms with van der Waals surface area (Å²) in [5.74, 6) is 1.12. The lowest BCUT2D eigenvalue weighted by Gasteiger charge is -2.10. The number of halogens is 1. The summed E-state index contributed by atoms with van der Waals surface area (Å²) in [7, 11) is 3.11. The first-order chi connectivity index (χ1) is 9.65. The predicted molar refractivity (Wildman–Crippen MR) is 78.2 cm³/mol. The van der Waals surface area contributed by atoms with Crippen LogP contribution in [0.1, 0.15) is 10.4 Å². The molecule has 0 atom stereocenters. The van der Waals surface area contributed by atoms with Crippen molar-refractivity contribution in [3.8, 4) is 11.5 Å². The van der Waals surface area contributed by atoms with E-state index in [1.54, 1.807) is 26.4 Å². The Morgan fingerprint density at radius 2 is 1.70 bits per heavy atom. The lowest BCUT2D eigenvalue weighted by molar-refractivity contribution is -0.683. The Hall–Kier alpha value is -1.88. The second-order valence-electron chi connectivity index (χ2n) is 4.16. The fourth-order valence-corrected chi connectivity index (χ4v) is 2.40. The molecule has 0 unspecified atom stereocenters. The summed E-state index contributed by atoms with van der Waals surface area (Å²) >= 11 is 3.40. The lowest BCUT2D eigenvalue weighted by Crippen LogP contribution is -2.36. The predicted octanol–water partition coefficient (Wildman–Crippen LogP) is 2.64. The smallest absolute Gasteiger partial charge is 0.228 e. The van der Waals surface area contributed by atoms with E-state index >= 15 is 0 Å². The number of ketones is 1. The third-order valence-electron chi connectivity index (χ3n) is 2.88. The van der Waals surface area contributed by atoms with Crippen molar-refractivity contribution in [1.29, 1.82) is 0 Å². The van der Waals surface area contributed by atoms with Crippen molar-refractivity contribution in [3.63, 3.8) is 0 Å². The molecule has 2 rings (SSSR count). The van der Waals surface area contributed by atoms with E-state index in [1.165, 1.54) is 0 Å². The number of hydrogen-bond acceptors (Lipinski definition) is 3. The number of carbonyl (C=O) groups is 1. The molecular weight excluding hydrogens is 322 g/mol. The number of carbonyl (C=O) groups excluding carboxylic acids is 1. The van der Waals surface area contributed by atoms with Gasteiger partial charge in [-0.1, -0.05) is 6.07 Å². The van der Waals surface area contributed by atoms with E-state index in [-0.39, 0.29) is 12.3 Å². The number of aromatic nitrogens is 1. The number of ether oxygens (including phenoxy) is 2. The summed E-state index contributed by atoms with van der Waals surface area (Å²) in [4.78, 5) is 12.4. The summed E-state index contributed by atoms with van der Waals surface area (Å²) in [5, 5.41) is 0. The van der Waals surface area contributed by atoms with E-state index in [9.17, 15) is 4.79 Å². The first-order valence-electron chi connectivity index (χ1n) is 6.04. The van der Waals surface area contributed by atoms with Gasteiger partial charge in [0, 0.05) is 22.2 Å². The molecule has 0 bridgehead atoms. The molecule has 0 fully saturated rings. The number of pyridine rings is 1. The molecule has 1 aromatic heterocycles. The van der Waals surface area contributed by atoms with Crippen LogP contribution in [0.25, 0.3) is 0 Å². The molecule has 4 nitrogen and oxygen atoms in total. The molecule has 1 heterocycles. The quantitative estimate of drug-likeness (QED) is 0.622. The monoisotopic (exact) mass is 336 g/mol. The van der Waals surface area contributed by atoms with Crippen molar-refractivity contribution in [3.05, 3.63) is 52.8 Å². The fourth-order valence-electron chi connectivity index (χ4n) is 1.86. The Bertz CT molecular complexity index is 614. The van der Waals surface area contributed by atoms with Gasteiger partial charge in [-0.3, -0.25) is 4.79 Å². The molecule has 0 aliphatic rings. The minimum absolute atomic E-state index is 0.00553. The molecule has 1 aromatic carbocycles. The highest BCUT2D eigenvalue weighted by Crippen LogP contribution is 2.33. The minimum Gasteiger partial charge on any atom is -0.493 e. The zero-order chi connectivity index (χ0) is 14.5. The molecule has 5 heteroatoms. The number of hydrogen-bond donors (Lipinski definition) is 0. The van der Waals surface area contributed by atoms with Crippen LogP contribution in [0.5, 0.6) is 11.5 Å². The van der Waals surface area contributed by atoms with Crippen LogP contribution in [-0.2, 0) is 6.54 Å². The second kappa shape index (κ2) is 6.52. The topological polar surface area (TPSA) is 39.4 Å². The van der Waals surface area contributed by atoms with Gasteiger partial charge in [0.1, 0.15) is 0 Å². The number of methoxy groups -OCH3 is 2. The minimum atomic E-state index is -0.00553. The third-order valence-corrected chi connectivity index (χ3v) is 3.53. The summed E-state index contributed by atoms with van der Waals surface area (Å²) in [5.41, 5.74) is 0.569. The average molecular weight is 337 g/mol. The fraction of sp³-hybridized carbons (Fsp3) is 0.200. The van der Waals surface area contributed by atoms with Crippen LogP contribution in [0.3, 0.4) is 0 Å². The van der Waals surface area contributed by atoms with Crippen molar-refractivity contribution in [1.82, 2.24) is 0 Å². The van der Waals surface area contributed by atoms with E-state index < -0.39 is 0 Å². The molecule has 0 radical (unpaired) electrons. The summed E-state index contributed by atoms with van der Waals surface area (Å²) in [6.07, 6.45) is 3.71. The van der Waals surface area contributed by atoms with E-state index in [2.05, 4.69) is 15.9 Å². The Morgan fingerprint density at radius 1 is 1.10 bits per heavy atom. The van der Waals surface area contributed by atoms with Gasteiger partial charge in [0.2, 0.25) is 12.3 Å². The zero-order valence-corrected chi connectivity index (χ0v) is 12.9. The van der Waals surface area contributed by atoms with Gasteiger partial charge in [0.15, 0.2) is 23.9 Å². The maximum Gasteiger partial charge on any atom is 0.228 e. The van der Waals surface area contributed by atoms with Gasteiger partial charge in [-0.05, 0) is 28.1 Å². The molecule has 0 aliphatic carbocycles. The van der Waals surface area contributed by atoms with Crippen molar-refractivity contribution >= 4 is 21.7 Å². The van der Waals surface area contributed by atoms with Gasteiger partial charge < -0.3 is 9.47 Å². The van der Waals surface area contributed by atoms with Crippen LogP contribution < -0.4 is 14.0 Å². The molecule has 0 spiro atoms. The molecule has 0 N–H and O–H groups in total. The standard InChI is InChI=1S/C15H15BrNO3/c1-19-14-8-11(12(16)9-15(14)20-2)13(18)10-17-6-4-3-5-7-17/h3-9H,10H2,1-2H3/q+1. The normalized spacial score (nSPS) is 10.2. The van der Waals surface area contributed by atoms with Crippen LogP contribution in [0.4, 0.5) is 0 Å². The van der Waals surface area contributed by atoms with E-state index in [0.717, 1.165) is 0 Å². The van der Waals surface area contributed by atoms with Crippen LogP contribution in [-0.4, -0.2) is 20.0 Å². The Morgan fingerprint density at radius 3 is 2.30 bits per heavy atom. The highest BCUT2D eigenvalue weighted by molar-refractivity contribution is 9.10. The van der Waals surface area contributed by atoms with Crippen LogP contribution in [0.15, 0.2) is 47.2 Å². The summed E-state index contributed by atoms with van der Waals surface area (Å²) in [6.45, 7) is 0.273. The molecule has 0 aliphatic heterocycles. The Balaban J connectivity index is 2.30. The van der Waals surface area contributed by atoms with Gasteiger partial charge >= 0.3 is 0 Å². The first kappa shape index (κ1) is 14.5.